The second-order valence-corrected chi connectivity index (χ2v) is 3.86. The van der Waals surface area contributed by atoms with Crippen LogP contribution < -0.4 is 11.5 Å². The fraction of sp³-hybridized carbons (Fsp3) is 0.667. The molecule has 0 atom stereocenters. The van der Waals surface area contributed by atoms with Crippen molar-refractivity contribution < 1.29 is 4.79 Å². The molecule has 0 aromatic carbocycles. The van der Waals surface area contributed by atoms with Gasteiger partial charge in [-0.15, -0.1) is 5.10 Å². The number of hydrogen-bond acceptors (Lipinski definition) is 3. The van der Waals surface area contributed by atoms with Gasteiger partial charge in [0, 0.05) is 45.7 Å². The molecule has 90 valence electrons. The van der Waals surface area contributed by atoms with Crippen LogP contribution in [0.4, 0.5) is 4.79 Å². The van der Waals surface area contributed by atoms with Crippen molar-refractivity contribution in [1.82, 2.24) is 9.80 Å². The van der Waals surface area contributed by atoms with Gasteiger partial charge in [-0.1, -0.05) is 0 Å². The van der Waals surface area contributed by atoms with Crippen molar-refractivity contribution in [1.29, 1.82) is 0 Å². The van der Waals surface area contributed by atoms with Crippen LogP contribution in [0.5, 0.6) is 0 Å². The molecular formula is C9H18N6O. The van der Waals surface area contributed by atoms with Gasteiger partial charge in [-0.05, 0) is 0 Å². The number of likely N-dealkylation sites (tertiary alicyclic amines) is 1. The summed E-state index contributed by atoms with van der Waals surface area (Å²) in [6.45, 7) is 1.33. The number of carbonyl (C=O) groups excluding carboxylic acids is 1. The second-order valence-electron chi connectivity index (χ2n) is 3.86. The Balaban J connectivity index is 2.49. The number of nitrogens with two attached hydrogens (primary N) is 2. The Hall–Kier alpha value is -1.79. The average molecular weight is 226 g/mol. The summed E-state index contributed by atoms with van der Waals surface area (Å²) in [5.41, 5.74) is 11.3. The zero-order valence-corrected chi connectivity index (χ0v) is 9.68. The SMILES string of the molecule is CN(C)C(=O)N1CCC(=NN=C(N)N)CC1. The van der Waals surface area contributed by atoms with Crippen LogP contribution in [0.25, 0.3) is 0 Å². The van der Waals surface area contributed by atoms with Gasteiger partial charge in [0.1, 0.15) is 0 Å². The maximum atomic E-state index is 11.6. The van der Waals surface area contributed by atoms with Crippen LogP contribution in [0, 0.1) is 0 Å². The lowest BCUT2D eigenvalue weighted by Crippen LogP contribution is -2.44. The Labute approximate surface area is 94.8 Å². The molecule has 1 fully saturated rings. The summed E-state index contributed by atoms with van der Waals surface area (Å²) in [5, 5.41) is 7.52. The van der Waals surface area contributed by atoms with Gasteiger partial charge in [0.2, 0.25) is 5.96 Å². The Morgan fingerprint density at radius 3 is 2.31 bits per heavy atom. The molecule has 7 heteroatoms. The molecule has 4 N–H and O–H groups in total. The first kappa shape index (κ1) is 12.3. The number of rotatable bonds is 1. The number of amides is 2. The minimum absolute atomic E-state index is 0.0286. The molecule has 0 bridgehead atoms. The van der Waals surface area contributed by atoms with Crippen molar-refractivity contribution >= 4 is 17.7 Å². The van der Waals surface area contributed by atoms with Gasteiger partial charge >= 0.3 is 6.03 Å². The number of carbonyl (C=O) groups is 1. The van der Waals surface area contributed by atoms with Gasteiger partial charge in [-0.2, -0.15) is 5.10 Å². The summed E-state index contributed by atoms with van der Waals surface area (Å²) in [5.74, 6) is -0.0423. The molecule has 0 aromatic rings. The zero-order valence-electron chi connectivity index (χ0n) is 9.68. The molecule has 1 heterocycles. The van der Waals surface area contributed by atoms with Crippen molar-refractivity contribution in [2.24, 2.45) is 21.7 Å². The van der Waals surface area contributed by atoms with Crippen LogP contribution >= 0.6 is 0 Å². The fourth-order valence-corrected chi connectivity index (χ4v) is 1.47. The van der Waals surface area contributed by atoms with Gasteiger partial charge < -0.3 is 21.3 Å². The first-order valence-electron chi connectivity index (χ1n) is 5.11. The van der Waals surface area contributed by atoms with Crippen molar-refractivity contribution in [3.8, 4) is 0 Å². The Morgan fingerprint density at radius 2 is 1.88 bits per heavy atom. The van der Waals surface area contributed by atoms with Gasteiger partial charge in [0.05, 0.1) is 0 Å². The van der Waals surface area contributed by atoms with E-state index in [-0.39, 0.29) is 12.0 Å². The molecule has 7 nitrogen and oxygen atoms in total. The number of urea groups is 1. The van der Waals surface area contributed by atoms with Crippen molar-refractivity contribution in [2.75, 3.05) is 27.2 Å². The van der Waals surface area contributed by atoms with E-state index in [4.69, 9.17) is 11.5 Å². The van der Waals surface area contributed by atoms with Crippen molar-refractivity contribution in [3.05, 3.63) is 0 Å². The molecule has 0 unspecified atom stereocenters. The molecular weight excluding hydrogens is 208 g/mol. The van der Waals surface area contributed by atoms with Crippen molar-refractivity contribution in [3.63, 3.8) is 0 Å². The molecule has 0 aliphatic carbocycles. The highest BCUT2D eigenvalue weighted by Gasteiger charge is 2.20. The summed E-state index contributed by atoms with van der Waals surface area (Å²) in [4.78, 5) is 15.0. The summed E-state index contributed by atoms with van der Waals surface area (Å²) in [6, 6.07) is 0.0286. The minimum Gasteiger partial charge on any atom is -0.369 e. The lowest BCUT2D eigenvalue weighted by atomic mass is 10.1. The Kier molecular flexibility index (Phi) is 4.10. The quantitative estimate of drug-likeness (QED) is 0.354. The molecule has 0 saturated carbocycles. The van der Waals surface area contributed by atoms with Crippen LogP contribution in [-0.4, -0.2) is 54.7 Å². The predicted octanol–water partition coefficient (Wildman–Crippen LogP) is -0.607. The lowest BCUT2D eigenvalue weighted by Gasteiger charge is -2.29. The van der Waals surface area contributed by atoms with E-state index in [0.717, 1.165) is 18.6 Å². The van der Waals surface area contributed by atoms with Crippen LogP contribution in [0.1, 0.15) is 12.8 Å². The molecule has 16 heavy (non-hydrogen) atoms. The Bertz CT molecular complexity index is 308. The monoisotopic (exact) mass is 226 g/mol. The minimum atomic E-state index is -0.0423. The number of nitrogens with zero attached hydrogens (tertiary/aromatic N) is 4. The normalized spacial score (nSPS) is 15.6. The molecule has 1 aliphatic rings. The van der Waals surface area contributed by atoms with Crippen LogP contribution in [0.3, 0.4) is 0 Å². The van der Waals surface area contributed by atoms with E-state index >= 15 is 0 Å². The molecule has 1 rings (SSSR count). The van der Waals surface area contributed by atoms with Gasteiger partial charge in [0.25, 0.3) is 0 Å². The lowest BCUT2D eigenvalue weighted by molar-refractivity contribution is 0.171. The first-order valence-corrected chi connectivity index (χ1v) is 5.11. The number of piperidine rings is 1. The maximum absolute atomic E-state index is 11.6. The van der Waals surface area contributed by atoms with Crippen LogP contribution in [-0.2, 0) is 0 Å². The van der Waals surface area contributed by atoms with E-state index < -0.39 is 0 Å². The van der Waals surface area contributed by atoms with Crippen LogP contribution in [0.2, 0.25) is 0 Å². The fourth-order valence-electron chi connectivity index (χ4n) is 1.47. The highest BCUT2D eigenvalue weighted by atomic mass is 16.2. The third-order valence-corrected chi connectivity index (χ3v) is 2.30. The largest absolute Gasteiger partial charge is 0.369 e. The summed E-state index contributed by atoms with van der Waals surface area (Å²) in [6.07, 6.45) is 1.44. The third kappa shape index (κ3) is 3.41. The topological polar surface area (TPSA) is 100 Å². The summed E-state index contributed by atoms with van der Waals surface area (Å²) in [7, 11) is 3.48. The zero-order chi connectivity index (χ0) is 12.1. The highest BCUT2D eigenvalue weighted by Crippen LogP contribution is 2.09. The van der Waals surface area contributed by atoms with E-state index in [2.05, 4.69) is 10.2 Å². The van der Waals surface area contributed by atoms with E-state index in [1.165, 1.54) is 0 Å². The predicted molar refractivity (Wildman–Crippen MR) is 63.1 cm³/mol. The molecule has 0 radical (unpaired) electrons. The van der Waals surface area contributed by atoms with Gasteiger partial charge in [-0.25, -0.2) is 4.79 Å². The average Bonchev–Trinajstić information content (AvgIpc) is 2.26. The summed E-state index contributed by atoms with van der Waals surface area (Å²) < 4.78 is 0. The molecule has 1 aliphatic heterocycles. The first-order chi connectivity index (χ1) is 7.50. The van der Waals surface area contributed by atoms with Gasteiger partial charge in [0.15, 0.2) is 0 Å². The standard InChI is InChI=1S/C9H18N6O/c1-14(2)9(16)15-5-3-7(4-6-15)12-13-8(10)11/h3-6H2,1-2H3,(H4,10,11,13). The van der Waals surface area contributed by atoms with E-state index in [1.54, 1.807) is 23.9 Å². The molecule has 0 aromatic heterocycles. The van der Waals surface area contributed by atoms with E-state index in [1.807, 2.05) is 0 Å². The smallest absolute Gasteiger partial charge is 0.319 e. The molecule has 1 saturated heterocycles. The van der Waals surface area contributed by atoms with E-state index in [9.17, 15) is 4.79 Å². The van der Waals surface area contributed by atoms with Crippen LogP contribution in [0.15, 0.2) is 10.2 Å². The highest BCUT2D eigenvalue weighted by molar-refractivity contribution is 5.88. The number of hydrogen-bond donors (Lipinski definition) is 2. The maximum Gasteiger partial charge on any atom is 0.319 e. The van der Waals surface area contributed by atoms with Gasteiger partial charge in [-0.3, -0.25) is 0 Å². The van der Waals surface area contributed by atoms with E-state index in [0.29, 0.717) is 13.1 Å². The molecule has 0 spiro atoms. The summed E-state index contributed by atoms with van der Waals surface area (Å²) >= 11 is 0. The molecule has 2 amide bonds. The third-order valence-electron chi connectivity index (χ3n) is 2.30. The van der Waals surface area contributed by atoms with Crippen molar-refractivity contribution in [2.45, 2.75) is 12.8 Å². The second kappa shape index (κ2) is 5.34. The number of guanidine groups is 1. The Morgan fingerprint density at radius 1 is 1.31 bits per heavy atom.